The molecule has 0 aromatic carbocycles. The second-order valence-corrected chi connectivity index (χ2v) is 3.43. The van der Waals surface area contributed by atoms with E-state index in [0.717, 1.165) is 5.75 Å². The Bertz CT molecular complexity index is 84.2. The summed E-state index contributed by atoms with van der Waals surface area (Å²) in [5.41, 5.74) is 0. The summed E-state index contributed by atoms with van der Waals surface area (Å²) >= 11 is 4.19. The third-order valence-electron chi connectivity index (χ3n) is 2.08. The molecule has 68 valence electrons. The van der Waals surface area contributed by atoms with E-state index in [2.05, 4.69) is 17.5 Å². The zero-order valence-electron chi connectivity index (χ0n) is 6.96. The van der Waals surface area contributed by atoms with Gasteiger partial charge in [0.15, 0.2) is 0 Å². The third-order valence-corrected chi connectivity index (χ3v) is 2.40. The van der Waals surface area contributed by atoms with Gasteiger partial charge in [-0.25, -0.2) is 0 Å². The summed E-state index contributed by atoms with van der Waals surface area (Å²) in [5, 5.41) is 0. The van der Waals surface area contributed by atoms with Crippen molar-refractivity contribution in [1.29, 1.82) is 0 Å². The predicted molar refractivity (Wildman–Crippen MR) is 59.1 cm³/mol. The van der Waals surface area contributed by atoms with Gasteiger partial charge in [0.25, 0.3) is 0 Å². The van der Waals surface area contributed by atoms with Gasteiger partial charge in [0.05, 0.1) is 0 Å². The molecule has 0 unspecified atom stereocenters. The molecule has 0 atom stereocenters. The van der Waals surface area contributed by atoms with Gasteiger partial charge < -0.3 is 4.90 Å². The first-order valence-electron chi connectivity index (χ1n) is 4.26. The van der Waals surface area contributed by atoms with Gasteiger partial charge in [-0.1, -0.05) is 6.42 Å². The standard InChI is InChI=1S/C8H17NS.BrH/c10-8-4-7-9-5-2-1-3-6-9;/h10H,1-8H2;1H. The number of halogens is 1. The highest BCUT2D eigenvalue weighted by atomic mass is 79.9. The molecule has 1 aliphatic heterocycles. The summed E-state index contributed by atoms with van der Waals surface area (Å²) in [6.07, 6.45) is 5.51. The summed E-state index contributed by atoms with van der Waals surface area (Å²) < 4.78 is 0. The molecule has 1 nitrogen and oxygen atoms in total. The Hall–Kier alpha value is 0.790. The van der Waals surface area contributed by atoms with Crippen molar-refractivity contribution < 1.29 is 0 Å². The molecule has 0 aromatic rings. The quantitative estimate of drug-likeness (QED) is 0.741. The van der Waals surface area contributed by atoms with Crippen molar-refractivity contribution in [2.24, 2.45) is 0 Å². The smallest absolute Gasteiger partial charge is 0.00110 e. The lowest BCUT2D eigenvalue weighted by atomic mass is 10.1. The van der Waals surface area contributed by atoms with E-state index in [1.54, 1.807) is 0 Å². The van der Waals surface area contributed by atoms with Crippen molar-refractivity contribution >= 4 is 29.6 Å². The van der Waals surface area contributed by atoms with Crippen LogP contribution in [0.15, 0.2) is 0 Å². The van der Waals surface area contributed by atoms with Crippen LogP contribution in [-0.2, 0) is 0 Å². The van der Waals surface area contributed by atoms with Gasteiger partial charge in [0.2, 0.25) is 0 Å². The summed E-state index contributed by atoms with van der Waals surface area (Å²) in [6, 6.07) is 0. The first-order chi connectivity index (χ1) is 4.93. The Morgan fingerprint density at radius 1 is 1.09 bits per heavy atom. The molecule has 1 rings (SSSR count). The number of thiol groups is 1. The normalized spacial score (nSPS) is 19.4. The Morgan fingerprint density at radius 2 is 1.73 bits per heavy atom. The number of rotatable bonds is 3. The Balaban J connectivity index is 0.000001000. The number of hydrogen-bond acceptors (Lipinski definition) is 2. The SMILES string of the molecule is Br.SCCCN1CCCCC1. The van der Waals surface area contributed by atoms with Crippen LogP contribution >= 0.6 is 29.6 Å². The minimum absolute atomic E-state index is 0. The van der Waals surface area contributed by atoms with E-state index >= 15 is 0 Å². The van der Waals surface area contributed by atoms with Gasteiger partial charge in [-0.05, 0) is 44.6 Å². The van der Waals surface area contributed by atoms with Gasteiger partial charge in [-0.3, -0.25) is 0 Å². The molecular weight excluding hydrogens is 222 g/mol. The fourth-order valence-corrected chi connectivity index (χ4v) is 1.62. The van der Waals surface area contributed by atoms with Crippen molar-refractivity contribution in [3.8, 4) is 0 Å². The van der Waals surface area contributed by atoms with Crippen molar-refractivity contribution in [1.82, 2.24) is 4.90 Å². The largest absolute Gasteiger partial charge is 0.303 e. The maximum absolute atomic E-state index is 4.19. The second kappa shape index (κ2) is 7.44. The van der Waals surface area contributed by atoms with Gasteiger partial charge in [-0.15, -0.1) is 17.0 Å². The fourth-order valence-electron chi connectivity index (χ4n) is 1.48. The monoisotopic (exact) mass is 239 g/mol. The highest BCUT2D eigenvalue weighted by Gasteiger charge is 2.07. The topological polar surface area (TPSA) is 3.24 Å². The fraction of sp³-hybridized carbons (Fsp3) is 1.00. The number of hydrogen-bond donors (Lipinski definition) is 1. The molecule has 0 bridgehead atoms. The maximum Gasteiger partial charge on any atom is -0.00110 e. The lowest BCUT2D eigenvalue weighted by Crippen LogP contribution is -2.30. The molecule has 1 aliphatic rings. The molecule has 0 aliphatic carbocycles. The number of likely N-dealkylation sites (tertiary alicyclic amines) is 1. The van der Waals surface area contributed by atoms with Crippen LogP contribution in [0.25, 0.3) is 0 Å². The lowest BCUT2D eigenvalue weighted by molar-refractivity contribution is 0.230. The Labute approximate surface area is 85.7 Å². The molecule has 1 fully saturated rings. The third kappa shape index (κ3) is 5.10. The molecule has 0 N–H and O–H groups in total. The molecule has 3 heteroatoms. The van der Waals surface area contributed by atoms with Crippen LogP contribution in [0, 0.1) is 0 Å². The van der Waals surface area contributed by atoms with Gasteiger partial charge in [-0.2, -0.15) is 12.6 Å². The zero-order chi connectivity index (χ0) is 7.23. The molecule has 0 radical (unpaired) electrons. The van der Waals surface area contributed by atoms with Gasteiger partial charge >= 0.3 is 0 Å². The van der Waals surface area contributed by atoms with E-state index in [1.165, 1.54) is 45.3 Å². The summed E-state index contributed by atoms with van der Waals surface area (Å²) in [5.74, 6) is 1.04. The highest BCUT2D eigenvalue weighted by molar-refractivity contribution is 8.93. The molecule has 11 heavy (non-hydrogen) atoms. The predicted octanol–water partition coefficient (Wildman–Crippen LogP) is 2.37. The first kappa shape index (κ1) is 11.8. The zero-order valence-corrected chi connectivity index (χ0v) is 9.57. The van der Waals surface area contributed by atoms with Crippen LogP contribution in [0.3, 0.4) is 0 Å². The van der Waals surface area contributed by atoms with Crippen molar-refractivity contribution in [3.63, 3.8) is 0 Å². The molecular formula is C8H18BrNS. The number of piperidine rings is 1. The molecule has 0 aromatic heterocycles. The number of nitrogens with zero attached hydrogens (tertiary/aromatic N) is 1. The van der Waals surface area contributed by atoms with E-state index in [1.807, 2.05) is 0 Å². The average Bonchev–Trinajstić information content (AvgIpc) is 2.03. The summed E-state index contributed by atoms with van der Waals surface area (Å²) in [6.45, 7) is 3.92. The lowest BCUT2D eigenvalue weighted by Gasteiger charge is -2.25. The Morgan fingerprint density at radius 3 is 2.27 bits per heavy atom. The van der Waals surface area contributed by atoms with Crippen molar-refractivity contribution in [2.75, 3.05) is 25.4 Å². The summed E-state index contributed by atoms with van der Waals surface area (Å²) in [4.78, 5) is 2.56. The van der Waals surface area contributed by atoms with Crippen molar-refractivity contribution in [3.05, 3.63) is 0 Å². The van der Waals surface area contributed by atoms with Crippen molar-refractivity contribution in [2.45, 2.75) is 25.7 Å². The molecule has 0 spiro atoms. The average molecular weight is 240 g/mol. The van der Waals surface area contributed by atoms with Crippen LogP contribution in [0.4, 0.5) is 0 Å². The van der Waals surface area contributed by atoms with E-state index < -0.39 is 0 Å². The molecule has 0 saturated carbocycles. The highest BCUT2D eigenvalue weighted by Crippen LogP contribution is 2.08. The van der Waals surface area contributed by atoms with E-state index in [9.17, 15) is 0 Å². The minimum Gasteiger partial charge on any atom is -0.303 e. The van der Waals surface area contributed by atoms with Crippen LogP contribution in [0.5, 0.6) is 0 Å². The molecule has 1 saturated heterocycles. The van der Waals surface area contributed by atoms with E-state index in [0.29, 0.717) is 0 Å². The molecule has 1 heterocycles. The van der Waals surface area contributed by atoms with E-state index in [4.69, 9.17) is 0 Å². The maximum atomic E-state index is 4.19. The minimum atomic E-state index is 0. The van der Waals surface area contributed by atoms with Gasteiger partial charge in [0, 0.05) is 0 Å². The second-order valence-electron chi connectivity index (χ2n) is 2.98. The van der Waals surface area contributed by atoms with Crippen LogP contribution in [0.2, 0.25) is 0 Å². The Kier molecular flexibility index (Phi) is 7.97. The first-order valence-corrected chi connectivity index (χ1v) is 4.90. The summed E-state index contributed by atoms with van der Waals surface area (Å²) in [7, 11) is 0. The van der Waals surface area contributed by atoms with Crippen LogP contribution in [0.1, 0.15) is 25.7 Å². The van der Waals surface area contributed by atoms with Crippen LogP contribution in [-0.4, -0.2) is 30.3 Å². The van der Waals surface area contributed by atoms with Crippen LogP contribution < -0.4 is 0 Å². The molecule has 0 amide bonds. The van der Waals surface area contributed by atoms with E-state index in [-0.39, 0.29) is 17.0 Å². The van der Waals surface area contributed by atoms with Gasteiger partial charge in [0.1, 0.15) is 0 Å².